The summed E-state index contributed by atoms with van der Waals surface area (Å²) in [6.07, 6.45) is 0. The first-order valence-electron chi connectivity index (χ1n) is 4.80. The van der Waals surface area contributed by atoms with Gasteiger partial charge in [0.25, 0.3) is 0 Å². The van der Waals surface area contributed by atoms with Crippen LogP contribution in [0.4, 0.5) is 21.5 Å². The minimum absolute atomic E-state index is 0.122. The molecule has 0 unspecified atom stereocenters. The van der Waals surface area contributed by atoms with Crippen LogP contribution in [0.15, 0.2) is 24.3 Å². The lowest BCUT2D eigenvalue weighted by Gasteiger charge is -2.21. The van der Waals surface area contributed by atoms with Gasteiger partial charge in [0.1, 0.15) is 11.1 Å². The molecule has 0 amide bonds. The van der Waals surface area contributed by atoms with Gasteiger partial charge in [0.05, 0.1) is 5.69 Å². The number of hydrogen-bond acceptors (Lipinski definition) is 8. The van der Waals surface area contributed by atoms with Gasteiger partial charge in [0.15, 0.2) is 10.8 Å². The van der Waals surface area contributed by atoms with Crippen molar-refractivity contribution in [3.05, 3.63) is 35.2 Å². The molecule has 2 rings (SSSR count). The van der Waals surface area contributed by atoms with Crippen molar-refractivity contribution in [2.45, 2.75) is 0 Å². The average Bonchev–Trinajstić information content (AvgIpc) is 2.70. The number of nitrogen functional groups attached to an aromatic ring is 1. The molecule has 92 valence electrons. The van der Waals surface area contributed by atoms with Crippen molar-refractivity contribution in [1.29, 1.82) is 5.26 Å². The highest BCUT2D eigenvalue weighted by Gasteiger charge is 2.07. The first-order valence-corrected chi connectivity index (χ1v) is 5.61. The van der Waals surface area contributed by atoms with Crippen LogP contribution in [0, 0.1) is 16.5 Å². The van der Waals surface area contributed by atoms with Gasteiger partial charge in [-0.15, -0.1) is 0 Å². The first kappa shape index (κ1) is 12.1. The Labute approximate surface area is 106 Å². The van der Waals surface area contributed by atoms with E-state index in [4.69, 9.17) is 16.2 Å². The van der Waals surface area contributed by atoms with E-state index in [-0.39, 0.29) is 16.6 Å². The first-order chi connectivity index (χ1) is 8.60. The van der Waals surface area contributed by atoms with Gasteiger partial charge in [-0.05, 0) is 24.3 Å². The Morgan fingerprint density at radius 1 is 1.44 bits per heavy atom. The van der Waals surface area contributed by atoms with Crippen LogP contribution in [-0.4, -0.2) is 10.2 Å². The Morgan fingerprint density at radius 3 is 2.61 bits per heavy atom. The molecule has 0 aliphatic carbocycles. The number of thiazole rings is 1. The summed E-state index contributed by atoms with van der Waals surface area (Å²) >= 11 is 1.16. The van der Waals surface area contributed by atoms with Gasteiger partial charge < -0.3 is 21.5 Å². The third-order valence-corrected chi connectivity index (χ3v) is 2.90. The molecule has 2 aromatic rings. The van der Waals surface area contributed by atoms with Gasteiger partial charge in [-0.3, -0.25) is 5.21 Å². The fourth-order valence-corrected chi connectivity index (χ4v) is 1.96. The van der Waals surface area contributed by atoms with Gasteiger partial charge in [-0.2, -0.15) is 5.26 Å². The second kappa shape index (κ2) is 4.89. The van der Waals surface area contributed by atoms with Crippen molar-refractivity contribution < 1.29 is 5.21 Å². The summed E-state index contributed by atoms with van der Waals surface area (Å²) in [5.74, 6) is 0. The maximum atomic E-state index is 10.6. The summed E-state index contributed by atoms with van der Waals surface area (Å²) in [5.41, 5.74) is 6.55. The SMILES string of the molecule is N#Cc1nc(Nc2ccc(N([O-])O)cc2)sc1N. The van der Waals surface area contributed by atoms with E-state index in [1.165, 1.54) is 12.1 Å². The van der Waals surface area contributed by atoms with Gasteiger partial charge >= 0.3 is 0 Å². The van der Waals surface area contributed by atoms with E-state index in [2.05, 4.69) is 10.3 Å². The Balaban J connectivity index is 2.16. The van der Waals surface area contributed by atoms with Crippen LogP contribution in [0.25, 0.3) is 0 Å². The van der Waals surface area contributed by atoms with E-state index in [0.29, 0.717) is 15.8 Å². The van der Waals surface area contributed by atoms with Crippen LogP contribution in [-0.2, 0) is 0 Å². The lowest BCUT2D eigenvalue weighted by molar-refractivity contribution is 0.296. The molecule has 1 aromatic carbocycles. The van der Waals surface area contributed by atoms with Crippen LogP contribution in [0.5, 0.6) is 0 Å². The molecule has 0 saturated carbocycles. The highest BCUT2D eigenvalue weighted by Crippen LogP contribution is 2.28. The number of benzene rings is 1. The molecule has 0 aliphatic heterocycles. The summed E-state index contributed by atoms with van der Waals surface area (Å²) in [6, 6.07) is 7.96. The largest absolute Gasteiger partial charge is 0.733 e. The quantitative estimate of drug-likeness (QED) is 0.723. The molecule has 4 N–H and O–H groups in total. The predicted octanol–water partition coefficient (Wildman–Crippen LogP) is 2.03. The van der Waals surface area contributed by atoms with Crippen molar-refractivity contribution in [2.75, 3.05) is 16.3 Å². The predicted molar refractivity (Wildman–Crippen MR) is 68.6 cm³/mol. The summed E-state index contributed by atoms with van der Waals surface area (Å²) in [6.45, 7) is 0. The number of aromatic nitrogens is 1. The average molecular weight is 262 g/mol. The van der Waals surface area contributed by atoms with Crippen molar-refractivity contribution >= 4 is 32.8 Å². The minimum Gasteiger partial charge on any atom is -0.733 e. The van der Waals surface area contributed by atoms with Crippen molar-refractivity contribution in [1.82, 2.24) is 4.98 Å². The highest BCUT2D eigenvalue weighted by molar-refractivity contribution is 7.19. The molecular weight excluding hydrogens is 254 g/mol. The van der Waals surface area contributed by atoms with Gasteiger partial charge in [0, 0.05) is 5.69 Å². The zero-order chi connectivity index (χ0) is 13.1. The summed E-state index contributed by atoms with van der Waals surface area (Å²) in [7, 11) is 0. The Morgan fingerprint density at radius 2 is 2.11 bits per heavy atom. The Kier molecular flexibility index (Phi) is 3.29. The molecule has 0 bridgehead atoms. The fraction of sp³-hybridized carbons (Fsp3) is 0. The molecule has 1 aromatic heterocycles. The van der Waals surface area contributed by atoms with Gasteiger partial charge in [0.2, 0.25) is 0 Å². The number of hydrogen-bond donors (Lipinski definition) is 3. The second-order valence-electron chi connectivity index (χ2n) is 3.29. The summed E-state index contributed by atoms with van der Waals surface area (Å²) < 4.78 is 0. The van der Waals surface area contributed by atoms with E-state index in [0.717, 1.165) is 11.3 Å². The fourth-order valence-electron chi connectivity index (χ4n) is 1.26. The van der Waals surface area contributed by atoms with Crippen molar-refractivity contribution in [2.24, 2.45) is 0 Å². The molecule has 0 spiro atoms. The molecule has 7 nitrogen and oxygen atoms in total. The van der Waals surface area contributed by atoms with Crippen LogP contribution in [0.2, 0.25) is 0 Å². The van der Waals surface area contributed by atoms with Crippen LogP contribution >= 0.6 is 11.3 Å². The lowest BCUT2D eigenvalue weighted by atomic mass is 10.3. The number of nitriles is 1. The number of anilines is 4. The molecule has 0 atom stereocenters. The second-order valence-corrected chi connectivity index (χ2v) is 4.32. The van der Waals surface area contributed by atoms with Crippen molar-refractivity contribution in [3.63, 3.8) is 0 Å². The zero-order valence-corrected chi connectivity index (χ0v) is 9.81. The van der Waals surface area contributed by atoms with Crippen LogP contribution in [0.1, 0.15) is 5.69 Å². The summed E-state index contributed by atoms with van der Waals surface area (Å²) in [5, 5.41) is 31.5. The Bertz CT molecular complexity index is 587. The molecule has 0 fully saturated rings. The maximum Gasteiger partial charge on any atom is 0.190 e. The normalized spacial score (nSPS) is 9.83. The van der Waals surface area contributed by atoms with Gasteiger partial charge in [-0.25, -0.2) is 4.98 Å². The highest BCUT2D eigenvalue weighted by atomic mass is 32.1. The Hall–Kier alpha value is -2.34. The standard InChI is InChI=1S/C10H8N5O2S/c11-5-8-9(12)18-10(14-8)13-6-1-3-7(4-2-6)15(16)17/h1-4,16H,12H2,(H,13,14)/q-1. The number of nitrogens with one attached hydrogen (secondary N) is 1. The minimum atomic E-state index is -0.223. The molecule has 0 aliphatic rings. The molecule has 8 heteroatoms. The monoisotopic (exact) mass is 262 g/mol. The topological polar surface area (TPSA) is 121 Å². The molecule has 18 heavy (non-hydrogen) atoms. The lowest BCUT2D eigenvalue weighted by Crippen LogP contribution is -2.06. The number of rotatable bonds is 3. The molecule has 0 saturated heterocycles. The van der Waals surface area contributed by atoms with E-state index in [1.54, 1.807) is 12.1 Å². The molecule has 0 radical (unpaired) electrons. The van der Waals surface area contributed by atoms with E-state index in [9.17, 15) is 5.21 Å². The van der Waals surface area contributed by atoms with E-state index < -0.39 is 0 Å². The maximum absolute atomic E-state index is 10.6. The van der Waals surface area contributed by atoms with Crippen LogP contribution in [0.3, 0.4) is 0 Å². The zero-order valence-electron chi connectivity index (χ0n) is 8.99. The smallest absolute Gasteiger partial charge is 0.190 e. The third-order valence-electron chi connectivity index (χ3n) is 2.10. The summed E-state index contributed by atoms with van der Waals surface area (Å²) in [4.78, 5) is 3.98. The van der Waals surface area contributed by atoms with Crippen molar-refractivity contribution in [3.8, 4) is 6.07 Å². The van der Waals surface area contributed by atoms with Crippen LogP contribution < -0.4 is 16.3 Å². The molecular formula is C10H8N5O2S-. The van der Waals surface area contributed by atoms with E-state index >= 15 is 0 Å². The number of nitrogens with zero attached hydrogens (tertiary/aromatic N) is 3. The third kappa shape index (κ3) is 2.49. The van der Waals surface area contributed by atoms with Gasteiger partial charge in [-0.1, -0.05) is 11.3 Å². The van der Waals surface area contributed by atoms with E-state index in [1.807, 2.05) is 6.07 Å². The molecule has 1 heterocycles. The number of nitrogens with two attached hydrogens (primary N) is 1.